The number of hydrogen-bond acceptors (Lipinski definition) is 3. The highest BCUT2D eigenvalue weighted by Gasteiger charge is 2.24. The van der Waals surface area contributed by atoms with Crippen molar-refractivity contribution in [2.75, 3.05) is 20.2 Å². The van der Waals surface area contributed by atoms with Crippen molar-refractivity contribution >= 4 is 5.91 Å². The number of fused-ring (bicyclic) bond motifs is 1. The number of benzene rings is 2. The van der Waals surface area contributed by atoms with E-state index in [1.165, 1.54) is 16.7 Å². The van der Waals surface area contributed by atoms with E-state index < -0.39 is 5.91 Å². The van der Waals surface area contributed by atoms with Gasteiger partial charge in [-0.2, -0.15) is 0 Å². The van der Waals surface area contributed by atoms with Crippen molar-refractivity contribution in [1.29, 1.82) is 0 Å². The molecule has 0 saturated carbocycles. The molecule has 3 rings (SSSR count). The number of carbonyl (C=O) groups is 1. The van der Waals surface area contributed by atoms with Gasteiger partial charge in [-0.05, 0) is 61.7 Å². The number of ether oxygens (including phenoxy) is 1. The SMILES string of the molecule is CN1CCCc2ccc(OCC(N)=O)cc2C1Cc1ccccc1. The Labute approximate surface area is 143 Å². The third kappa shape index (κ3) is 3.95. The molecule has 0 fully saturated rings. The fourth-order valence-corrected chi connectivity index (χ4v) is 3.37. The lowest BCUT2D eigenvalue weighted by atomic mass is 9.93. The first kappa shape index (κ1) is 16.5. The number of nitrogens with two attached hydrogens (primary N) is 1. The molecule has 2 N–H and O–H groups in total. The highest BCUT2D eigenvalue weighted by Crippen LogP contribution is 2.33. The minimum absolute atomic E-state index is 0.0853. The number of carbonyl (C=O) groups excluding carboxylic acids is 1. The molecular formula is C20H24N2O2. The van der Waals surface area contributed by atoms with E-state index in [1.54, 1.807) is 0 Å². The van der Waals surface area contributed by atoms with E-state index in [2.05, 4.69) is 48.3 Å². The van der Waals surface area contributed by atoms with Crippen LogP contribution in [-0.2, 0) is 17.6 Å². The molecule has 4 heteroatoms. The van der Waals surface area contributed by atoms with Gasteiger partial charge in [0.2, 0.25) is 0 Å². The normalized spacial score (nSPS) is 17.8. The van der Waals surface area contributed by atoms with E-state index in [9.17, 15) is 4.79 Å². The van der Waals surface area contributed by atoms with Gasteiger partial charge >= 0.3 is 0 Å². The average Bonchev–Trinajstić information content (AvgIpc) is 2.73. The maximum Gasteiger partial charge on any atom is 0.255 e. The number of hydrogen-bond donors (Lipinski definition) is 1. The molecule has 2 aromatic carbocycles. The molecule has 2 aromatic rings. The van der Waals surface area contributed by atoms with E-state index in [0.29, 0.717) is 11.8 Å². The molecular weight excluding hydrogens is 300 g/mol. The van der Waals surface area contributed by atoms with Crippen LogP contribution in [0.5, 0.6) is 5.75 Å². The Morgan fingerprint density at radius 3 is 2.79 bits per heavy atom. The maximum atomic E-state index is 11.0. The summed E-state index contributed by atoms with van der Waals surface area (Å²) in [4.78, 5) is 13.4. The molecule has 0 bridgehead atoms. The number of primary amides is 1. The van der Waals surface area contributed by atoms with Crippen LogP contribution in [0.4, 0.5) is 0 Å². The van der Waals surface area contributed by atoms with Crippen LogP contribution in [0.3, 0.4) is 0 Å². The van der Waals surface area contributed by atoms with Crippen LogP contribution < -0.4 is 10.5 Å². The summed E-state index contributed by atoms with van der Waals surface area (Å²) < 4.78 is 5.52. The predicted molar refractivity (Wildman–Crippen MR) is 95.0 cm³/mol. The fourth-order valence-electron chi connectivity index (χ4n) is 3.37. The molecule has 0 aromatic heterocycles. The third-order valence-electron chi connectivity index (χ3n) is 4.62. The maximum absolute atomic E-state index is 11.0. The lowest BCUT2D eigenvalue weighted by Crippen LogP contribution is -2.26. The summed E-state index contributed by atoms with van der Waals surface area (Å²) in [6.45, 7) is 0.988. The summed E-state index contributed by atoms with van der Waals surface area (Å²) in [6.07, 6.45) is 3.18. The molecule has 0 radical (unpaired) electrons. The van der Waals surface area contributed by atoms with Crippen LogP contribution in [-0.4, -0.2) is 31.0 Å². The van der Waals surface area contributed by atoms with Crippen molar-refractivity contribution < 1.29 is 9.53 Å². The largest absolute Gasteiger partial charge is 0.484 e. The van der Waals surface area contributed by atoms with Crippen molar-refractivity contribution in [3.05, 3.63) is 65.2 Å². The smallest absolute Gasteiger partial charge is 0.255 e. The monoisotopic (exact) mass is 324 g/mol. The van der Waals surface area contributed by atoms with Crippen LogP contribution >= 0.6 is 0 Å². The summed E-state index contributed by atoms with van der Waals surface area (Å²) in [7, 11) is 2.18. The number of aryl methyl sites for hydroxylation is 1. The first-order chi connectivity index (χ1) is 11.6. The lowest BCUT2D eigenvalue weighted by Gasteiger charge is -2.28. The van der Waals surface area contributed by atoms with E-state index in [-0.39, 0.29) is 6.61 Å². The van der Waals surface area contributed by atoms with Gasteiger partial charge in [-0.25, -0.2) is 0 Å². The second-order valence-electron chi connectivity index (χ2n) is 6.41. The Hall–Kier alpha value is -2.33. The Morgan fingerprint density at radius 2 is 2.04 bits per heavy atom. The van der Waals surface area contributed by atoms with Crippen LogP contribution in [0.15, 0.2) is 48.5 Å². The second-order valence-corrected chi connectivity index (χ2v) is 6.41. The molecule has 1 atom stereocenters. The fraction of sp³-hybridized carbons (Fsp3) is 0.350. The van der Waals surface area contributed by atoms with Gasteiger partial charge in [0.15, 0.2) is 6.61 Å². The Bertz CT molecular complexity index is 700. The van der Waals surface area contributed by atoms with Crippen LogP contribution in [0, 0.1) is 0 Å². The summed E-state index contributed by atoms with van der Waals surface area (Å²) in [5, 5.41) is 0. The average molecular weight is 324 g/mol. The van der Waals surface area contributed by atoms with Crippen LogP contribution in [0.1, 0.15) is 29.2 Å². The number of nitrogens with zero attached hydrogens (tertiary/aromatic N) is 1. The molecule has 1 aliphatic rings. The Balaban J connectivity index is 1.90. The van der Waals surface area contributed by atoms with Gasteiger partial charge in [-0.1, -0.05) is 36.4 Å². The topological polar surface area (TPSA) is 55.6 Å². The zero-order valence-electron chi connectivity index (χ0n) is 14.1. The van der Waals surface area contributed by atoms with E-state index in [4.69, 9.17) is 10.5 Å². The molecule has 126 valence electrons. The standard InChI is InChI=1S/C20H24N2O2/c1-22-11-5-8-16-9-10-17(24-14-20(21)23)13-18(16)19(22)12-15-6-3-2-4-7-15/h2-4,6-7,9-10,13,19H,5,8,11-12,14H2,1H3,(H2,21,23). The van der Waals surface area contributed by atoms with E-state index in [1.807, 2.05) is 12.1 Å². The van der Waals surface area contributed by atoms with Gasteiger partial charge < -0.3 is 10.5 Å². The van der Waals surface area contributed by atoms with Crippen molar-refractivity contribution in [3.8, 4) is 5.75 Å². The van der Waals surface area contributed by atoms with E-state index in [0.717, 1.165) is 25.8 Å². The van der Waals surface area contributed by atoms with Crippen molar-refractivity contribution in [2.45, 2.75) is 25.3 Å². The van der Waals surface area contributed by atoms with Crippen molar-refractivity contribution in [3.63, 3.8) is 0 Å². The molecule has 1 amide bonds. The molecule has 0 spiro atoms. The Kier molecular flexibility index (Phi) is 5.16. The van der Waals surface area contributed by atoms with Gasteiger partial charge in [0, 0.05) is 6.04 Å². The van der Waals surface area contributed by atoms with Crippen LogP contribution in [0.25, 0.3) is 0 Å². The minimum Gasteiger partial charge on any atom is -0.484 e. The summed E-state index contributed by atoms with van der Waals surface area (Å²) in [5.41, 5.74) is 9.17. The summed E-state index contributed by atoms with van der Waals surface area (Å²) in [5.74, 6) is 0.254. The lowest BCUT2D eigenvalue weighted by molar-refractivity contribution is -0.119. The predicted octanol–water partition coefficient (Wildman–Crippen LogP) is 2.71. The van der Waals surface area contributed by atoms with Crippen LogP contribution in [0.2, 0.25) is 0 Å². The molecule has 0 saturated heterocycles. The number of rotatable bonds is 5. The van der Waals surface area contributed by atoms with Gasteiger partial charge in [-0.15, -0.1) is 0 Å². The molecule has 24 heavy (non-hydrogen) atoms. The summed E-state index contributed by atoms with van der Waals surface area (Å²) >= 11 is 0. The number of amides is 1. The minimum atomic E-state index is -0.456. The Morgan fingerprint density at radius 1 is 1.25 bits per heavy atom. The van der Waals surface area contributed by atoms with Gasteiger partial charge in [-0.3, -0.25) is 9.69 Å². The number of likely N-dealkylation sites (N-methyl/N-ethyl adjacent to an activating group) is 1. The first-order valence-corrected chi connectivity index (χ1v) is 8.41. The molecule has 1 heterocycles. The molecule has 1 aliphatic heterocycles. The molecule has 4 nitrogen and oxygen atoms in total. The zero-order valence-corrected chi connectivity index (χ0v) is 14.1. The van der Waals surface area contributed by atoms with Gasteiger partial charge in [0.25, 0.3) is 5.91 Å². The molecule has 0 aliphatic carbocycles. The van der Waals surface area contributed by atoms with Gasteiger partial charge in [0.1, 0.15) is 5.75 Å². The third-order valence-corrected chi connectivity index (χ3v) is 4.62. The van der Waals surface area contributed by atoms with Crippen molar-refractivity contribution in [2.24, 2.45) is 5.73 Å². The van der Waals surface area contributed by atoms with E-state index >= 15 is 0 Å². The second kappa shape index (κ2) is 7.49. The first-order valence-electron chi connectivity index (χ1n) is 8.41. The highest BCUT2D eigenvalue weighted by atomic mass is 16.5. The van der Waals surface area contributed by atoms with Gasteiger partial charge in [0.05, 0.1) is 0 Å². The summed E-state index contributed by atoms with van der Waals surface area (Å²) in [6, 6.07) is 17.0. The highest BCUT2D eigenvalue weighted by molar-refractivity contribution is 5.75. The zero-order chi connectivity index (χ0) is 16.9. The quantitative estimate of drug-likeness (QED) is 0.920. The molecule has 1 unspecified atom stereocenters. The van der Waals surface area contributed by atoms with Crippen molar-refractivity contribution in [1.82, 2.24) is 4.90 Å².